The summed E-state index contributed by atoms with van der Waals surface area (Å²) < 4.78 is 5.33. The molecule has 4 rings (SSSR count). The minimum atomic E-state index is 0. The second-order valence-corrected chi connectivity index (χ2v) is 5.68. The highest BCUT2D eigenvalue weighted by Crippen LogP contribution is 2.25. The number of hydrogen-bond donors (Lipinski definition) is 1. The number of carbonyl (C=O) groups is 1. The van der Waals surface area contributed by atoms with Crippen LogP contribution in [0.25, 0.3) is 0 Å². The van der Waals surface area contributed by atoms with Crippen molar-refractivity contribution in [3.8, 4) is 0 Å². The Morgan fingerprint density at radius 1 is 1.11 bits per heavy atom. The zero-order chi connectivity index (χ0) is 11.7. The van der Waals surface area contributed by atoms with Crippen LogP contribution in [-0.4, -0.2) is 49.7 Å². The van der Waals surface area contributed by atoms with Crippen LogP contribution in [0.15, 0.2) is 0 Å². The van der Waals surface area contributed by atoms with Gasteiger partial charge >= 0.3 is 0 Å². The third kappa shape index (κ3) is 2.98. The maximum absolute atomic E-state index is 12.5. The molecule has 4 nitrogen and oxygen atoms in total. The molecule has 0 unspecified atom stereocenters. The number of halogens is 1. The Bertz CT molecular complexity index is 273. The van der Waals surface area contributed by atoms with E-state index in [4.69, 9.17) is 4.74 Å². The molecule has 104 valence electrons. The van der Waals surface area contributed by atoms with Gasteiger partial charge < -0.3 is 15.0 Å². The Balaban J connectivity index is 0.00000120. The van der Waals surface area contributed by atoms with Crippen LogP contribution in [-0.2, 0) is 9.53 Å². The number of fused-ring (bicyclic) bond motifs is 4. The van der Waals surface area contributed by atoms with Gasteiger partial charge in [-0.05, 0) is 38.1 Å². The van der Waals surface area contributed by atoms with Crippen molar-refractivity contribution in [2.45, 2.75) is 31.7 Å². The molecular weight excluding hydrogens is 252 g/mol. The van der Waals surface area contributed by atoms with Crippen LogP contribution >= 0.6 is 12.4 Å². The molecule has 18 heavy (non-hydrogen) atoms. The van der Waals surface area contributed by atoms with E-state index < -0.39 is 0 Å². The fraction of sp³-hybridized carbons (Fsp3) is 0.923. The Hall–Kier alpha value is -0.320. The van der Waals surface area contributed by atoms with Crippen LogP contribution in [0.3, 0.4) is 0 Å². The molecule has 0 aromatic rings. The number of hydrogen-bond acceptors (Lipinski definition) is 3. The summed E-state index contributed by atoms with van der Waals surface area (Å²) in [7, 11) is 0. The molecule has 4 aliphatic rings. The number of nitrogens with zero attached hydrogens (tertiary/aromatic N) is 1. The minimum Gasteiger partial charge on any atom is -0.381 e. The van der Waals surface area contributed by atoms with Crippen molar-refractivity contribution in [1.29, 1.82) is 0 Å². The van der Waals surface area contributed by atoms with Gasteiger partial charge in [0.25, 0.3) is 0 Å². The van der Waals surface area contributed by atoms with E-state index >= 15 is 0 Å². The van der Waals surface area contributed by atoms with Gasteiger partial charge in [0.05, 0.1) is 0 Å². The summed E-state index contributed by atoms with van der Waals surface area (Å²) in [6.07, 6.45) is 4.35. The summed E-state index contributed by atoms with van der Waals surface area (Å²) in [5.74, 6) is 1.28. The smallest absolute Gasteiger partial charge is 0.225 e. The summed E-state index contributed by atoms with van der Waals surface area (Å²) >= 11 is 0. The van der Waals surface area contributed by atoms with E-state index in [1.54, 1.807) is 0 Å². The van der Waals surface area contributed by atoms with E-state index in [0.29, 0.717) is 17.9 Å². The molecule has 0 spiro atoms. The summed E-state index contributed by atoms with van der Waals surface area (Å²) in [5.41, 5.74) is 0. The first kappa shape index (κ1) is 14.1. The lowest BCUT2D eigenvalue weighted by Gasteiger charge is -2.29. The molecule has 2 bridgehead atoms. The van der Waals surface area contributed by atoms with E-state index in [9.17, 15) is 4.79 Å². The highest BCUT2D eigenvalue weighted by atomic mass is 35.5. The van der Waals surface area contributed by atoms with Crippen molar-refractivity contribution in [2.75, 3.05) is 32.8 Å². The second-order valence-electron chi connectivity index (χ2n) is 5.68. The third-order valence-corrected chi connectivity index (χ3v) is 4.42. The van der Waals surface area contributed by atoms with Crippen molar-refractivity contribution in [2.24, 2.45) is 11.8 Å². The van der Waals surface area contributed by atoms with Crippen molar-refractivity contribution in [1.82, 2.24) is 10.2 Å². The monoisotopic (exact) mass is 274 g/mol. The van der Waals surface area contributed by atoms with Crippen LogP contribution in [0, 0.1) is 11.8 Å². The molecule has 4 heterocycles. The molecular formula is C13H23ClN2O2. The summed E-state index contributed by atoms with van der Waals surface area (Å²) in [6.45, 7) is 4.51. The predicted molar refractivity (Wildman–Crippen MR) is 71.9 cm³/mol. The van der Waals surface area contributed by atoms with Gasteiger partial charge in [-0.2, -0.15) is 0 Å². The average Bonchev–Trinajstić information content (AvgIpc) is 2.72. The first-order chi connectivity index (χ1) is 8.33. The molecule has 0 aromatic carbocycles. The number of carbonyl (C=O) groups excluding carboxylic acids is 1. The maximum Gasteiger partial charge on any atom is 0.225 e. The van der Waals surface area contributed by atoms with Gasteiger partial charge in [-0.15, -0.1) is 12.4 Å². The molecule has 1 amide bonds. The number of ether oxygens (including phenoxy) is 1. The normalized spacial score (nSPS) is 32.8. The van der Waals surface area contributed by atoms with E-state index in [1.165, 1.54) is 12.8 Å². The van der Waals surface area contributed by atoms with Gasteiger partial charge in [0.15, 0.2) is 0 Å². The number of nitrogens with one attached hydrogen (secondary N) is 1. The Morgan fingerprint density at radius 2 is 1.89 bits per heavy atom. The first-order valence-electron chi connectivity index (χ1n) is 6.93. The molecule has 4 saturated heterocycles. The van der Waals surface area contributed by atoms with Crippen LogP contribution in [0.4, 0.5) is 0 Å². The minimum absolute atomic E-state index is 0. The second kappa shape index (κ2) is 6.22. The molecule has 1 N–H and O–H groups in total. The summed E-state index contributed by atoms with van der Waals surface area (Å²) in [6, 6.07) is 0.539. The van der Waals surface area contributed by atoms with Gasteiger partial charge in [0.1, 0.15) is 0 Å². The zero-order valence-corrected chi connectivity index (χ0v) is 11.6. The maximum atomic E-state index is 12.5. The SMILES string of the molecule is Cl.O=C(C1CCOCC1)N1C[C@H]2CC[C@@H](C1)NC2. The summed E-state index contributed by atoms with van der Waals surface area (Å²) in [5, 5.41) is 3.55. The van der Waals surface area contributed by atoms with Gasteiger partial charge in [0, 0.05) is 38.3 Å². The van der Waals surface area contributed by atoms with Crippen molar-refractivity contribution in [3.05, 3.63) is 0 Å². The van der Waals surface area contributed by atoms with E-state index in [2.05, 4.69) is 10.2 Å². The lowest BCUT2D eigenvalue weighted by molar-refractivity contribution is -0.138. The predicted octanol–water partition coefficient (Wildman–Crippen LogP) is 1.05. The highest BCUT2D eigenvalue weighted by Gasteiger charge is 2.34. The molecule has 2 atom stereocenters. The number of rotatable bonds is 1. The molecule has 5 heteroatoms. The van der Waals surface area contributed by atoms with Gasteiger partial charge in [0.2, 0.25) is 5.91 Å². The topological polar surface area (TPSA) is 41.6 Å². The van der Waals surface area contributed by atoms with Gasteiger partial charge in [-0.3, -0.25) is 4.79 Å². The van der Waals surface area contributed by atoms with Crippen LogP contribution in [0.2, 0.25) is 0 Å². The van der Waals surface area contributed by atoms with E-state index in [-0.39, 0.29) is 18.3 Å². The molecule has 0 aromatic heterocycles. The van der Waals surface area contributed by atoms with E-state index in [0.717, 1.165) is 45.7 Å². The van der Waals surface area contributed by atoms with Crippen molar-refractivity contribution >= 4 is 18.3 Å². The zero-order valence-electron chi connectivity index (χ0n) is 10.8. The van der Waals surface area contributed by atoms with Crippen LogP contribution in [0.1, 0.15) is 25.7 Å². The quantitative estimate of drug-likeness (QED) is 0.777. The van der Waals surface area contributed by atoms with Crippen molar-refractivity contribution < 1.29 is 9.53 Å². The van der Waals surface area contributed by atoms with E-state index in [1.807, 2.05) is 0 Å². The molecule has 4 fully saturated rings. The molecule has 0 radical (unpaired) electrons. The third-order valence-electron chi connectivity index (χ3n) is 4.42. The first-order valence-corrected chi connectivity index (χ1v) is 6.93. The lowest BCUT2D eigenvalue weighted by atomic mass is 9.97. The fourth-order valence-corrected chi connectivity index (χ4v) is 3.32. The molecule has 0 saturated carbocycles. The van der Waals surface area contributed by atoms with Gasteiger partial charge in [-0.1, -0.05) is 0 Å². The highest BCUT2D eigenvalue weighted by molar-refractivity contribution is 5.85. The largest absolute Gasteiger partial charge is 0.381 e. The van der Waals surface area contributed by atoms with Gasteiger partial charge in [-0.25, -0.2) is 0 Å². The van der Waals surface area contributed by atoms with Crippen LogP contribution < -0.4 is 5.32 Å². The number of piperidine rings is 1. The Labute approximate surface area is 115 Å². The average molecular weight is 275 g/mol. The lowest BCUT2D eigenvalue weighted by Crippen LogP contribution is -2.43. The Morgan fingerprint density at radius 3 is 2.56 bits per heavy atom. The Kier molecular flexibility index (Phi) is 4.87. The molecule has 4 aliphatic heterocycles. The van der Waals surface area contributed by atoms with Crippen molar-refractivity contribution in [3.63, 3.8) is 0 Å². The fourth-order valence-electron chi connectivity index (χ4n) is 3.32. The van der Waals surface area contributed by atoms with Crippen LogP contribution in [0.5, 0.6) is 0 Å². The standard InChI is InChI=1S/C13H22N2O2.ClH/c16-13(11-3-5-17-6-4-11)15-8-10-1-2-12(9-15)14-7-10;/h10-12,14H,1-9H2;1H/t10-,12-;/m0./s1. The molecule has 0 aliphatic carbocycles. The number of amides is 1. The summed E-state index contributed by atoms with van der Waals surface area (Å²) in [4.78, 5) is 14.6.